The van der Waals surface area contributed by atoms with E-state index < -0.39 is 0 Å². The number of nitrogens with zero attached hydrogens (tertiary/aromatic N) is 1. The Morgan fingerprint density at radius 1 is 1.35 bits per heavy atom. The van der Waals surface area contributed by atoms with Crippen LogP contribution in [0.5, 0.6) is 0 Å². The fourth-order valence-electron chi connectivity index (χ4n) is 3.48. The highest BCUT2D eigenvalue weighted by molar-refractivity contribution is 4.88. The third-order valence-corrected chi connectivity index (χ3v) is 4.33. The van der Waals surface area contributed by atoms with Crippen LogP contribution in [-0.2, 0) is 4.74 Å². The van der Waals surface area contributed by atoms with Crippen LogP contribution in [-0.4, -0.2) is 50.3 Å². The van der Waals surface area contributed by atoms with Crippen molar-refractivity contribution in [2.45, 2.75) is 45.6 Å². The zero-order chi connectivity index (χ0) is 12.1. The molecule has 0 aromatic rings. The second-order valence-electron chi connectivity index (χ2n) is 5.92. The van der Waals surface area contributed by atoms with Crippen LogP contribution in [0.2, 0.25) is 0 Å². The molecule has 0 amide bonds. The van der Waals surface area contributed by atoms with Crippen LogP contribution in [0.15, 0.2) is 0 Å². The summed E-state index contributed by atoms with van der Waals surface area (Å²) in [6, 6.07) is 0. The zero-order valence-electron chi connectivity index (χ0n) is 11.5. The average Bonchev–Trinajstić information content (AvgIpc) is 2.30. The minimum Gasteiger partial charge on any atom is -0.376 e. The van der Waals surface area contributed by atoms with Crippen molar-refractivity contribution < 1.29 is 4.74 Å². The highest BCUT2D eigenvalue weighted by Crippen LogP contribution is 2.35. The maximum Gasteiger partial charge on any atom is 0.0674 e. The molecule has 2 fully saturated rings. The molecule has 0 aromatic carbocycles. The minimum atomic E-state index is 0.421. The van der Waals surface area contributed by atoms with Gasteiger partial charge in [-0.15, -0.1) is 0 Å². The molecule has 1 N–H and O–H groups in total. The molecule has 2 rings (SSSR count). The topological polar surface area (TPSA) is 24.5 Å². The molecule has 3 nitrogen and oxygen atoms in total. The molecule has 0 spiro atoms. The lowest BCUT2D eigenvalue weighted by Gasteiger charge is -2.43. The molecule has 0 aromatic heterocycles. The molecule has 2 aliphatic rings. The quantitative estimate of drug-likeness (QED) is 0.812. The SMILES string of the molecule is CCCC1(CN2CCOC(C)C2)CCNCC1. The van der Waals surface area contributed by atoms with Crippen molar-refractivity contribution in [3.05, 3.63) is 0 Å². The van der Waals surface area contributed by atoms with Gasteiger partial charge in [0.15, 0.2) is 0 Å². The standard InChI is InChI=1S/C14H28N2O/c1-3-4-14(5-7-15-8-6-14)12-16-9-10-17-13(2)11-16/h13,15H,3-12H2,1-2H3. The first kappa shape index (κ1) is 13.3. The van der Waals surface area contributed by atoms with E-state index in [1.54, 1.807) is 0 Å². The van der Waals surface area contributed by atoms with Gasteiger partial charge in [0.05, 0.1) is 12.7 Å². The molecule has 17 heavy (non-hydrogen) atoms. The number of piperidine rings is 1. The summed E-state index contributed by atoms with van der Waals surface area (Å²) >= 11 is 0. The van der Waals surface area contributed by atoms with Gasteiger partial charge < -0.3 is 10.1 Å². The Bertz CT molecular complexity index is 221. The molecule has 3 heteroatoms. The molecule has 0 aliphatic carbocycles. The van der Waals surface area contributed by atoms with E-state index in [1.807, 2.05) is 0 Å². The summed E-state index contributed by atoms with van der Waals surface area (Å²) in [7, 11) is 0. The predicted octanol–water partition coefficient (Wildman–Crippen LogP) is 1.88. The van der Waals surface area contributed by atoms with Gasteiger partial charge in [0.25, 0.3) is 0 Å². The van der Waals surface area contributed by atoms with Crippen LogP contribution in [0.25, 0.3) is 0 Å². The van der Waals surface area contributed by atoms with Crippen LogP contribution < -0.4 is 5.32 Å². The third kappa shape index (κ3) is 3.67. The highest BCUT2D eigenvalue weighted by Gasteiger charge is 2.34. The van der Waals surface area contributed by atoms with Gasteiger partial charge >= 0.3 is 0 Å². The van der Waals surface area contributed by atoms with E-state index in [9.17, 15) is 0 Å². The van der Waals surface area contributed by atoms with Crippen molar-refractivity contribution in [1.82, 2.24) is 10.2 Å². The maximum absolute atomic E-state index is 5.64. The minimum absolute atomic E-state index is 0.421. The van der Waals surface area contributed by atoms with E-state index in [2.05, 4.69) is 24.1 Å². The molecule has 0 saturated carbocycles. The lowest BCUT2D eigenvalue weighted by molar-refractivity contribution is -0.0374. The molecule has 100 valence electrons. The van der Waals surface area contributed by atoms with Crippen LogP contribution >= 0.6 is 0 Å². The fraction of sp³-hybridized carbons (Fsp3) is 1.00. The van der Waals surface area contributed by atoms with Crippen molar-refractivity contribution >= 4 is 0 Å². The Labute approximate surface area is 106 Å². The number of rotatable bonds is 4. The summed E-state index contributed by atoms with van der Waals surface area (Å²) in [5.74, 6) is 0. The van der Waals surface area contributed by atoms with Crippen molar-refractivity contribution in [3.8, 4) is 0 Å². The van der Waals surface area contributed by atoms with Crippen LogP contribution in [0.3, 0.4) is 0 Å². The van der Waals surface area contributed by atoms with Gasteiger partial charge in [-0.2, -0.15) is 0 Å². The van der Waals surface area contributed by atoms with E-state index in [-0.39, 0.29) is 0 Å². The normalized spacial score (nSPS) is 30.4. The molecule has 2 aliphatic heterocycles. The van der Waals surface area contributed by atoms with E-state index in [1.165, 1.54) is 45.3 Å². The first-order valence-electron chi connectivity index (χ1n) is 7.29. The Morgan fingerprint density at radius 2 is 2.12 bits per heavy atom. The van der Waals surface area contributed by atoms with Crippen LogP contribution in [0, 0.1) is 5.41 Å². The van der Waals surface area contributed by atoms with Gasteiger partial charge in [0.1, 0.15) is 0 Å². The summed E-state index contributed by atoms with van der Waals surface area (Å²) in [5.41, 5.74) is 0.580. The van der Waals surface area contributed by atoms with Gasteiger partial charge in [0, 0.05) is 19.6 Å². The van der Waals surface area contributed by atoms with E-state index in [4.69, 9.17) is 4.74 Å². The number of hydrogen-bond donors (Lipinski definition) is 1. The summed E-state index contributed by atoms with van der Waals surface area (Å²) in [6.07, 6.45) is 5.84. The first-order valence-corrected chi connectivity index (χ1v) is 7.29. The average molecular weight is 240 g/mol. The van der Waals surface area contributed by atoms with Crippen LogP contribution in [0.4, 0.5) is 0 Å². The van der Waals surface area contributed by atoms with E-state index in [0.717, 1.165) is 19.7 Å². The summed E-state index contributed by atoms with van der Waals surface area (Å²) in [4.78, 5) is 2.63. The van der Waals surface area contributed by atoms with Crippen molar-refractivity contribution in [2.75, 3.05) is 39.3 Å². The van der Waals surface area contributed by atoms with E-state index in [0.29, 0.717) is 11.5 Å². The van der Waals surface area contributed by atoms with Gasteiger partial charge in [-0.05, 0) is 44.7 Å². The van der Waals surface area contributed by atoms with Crippen molar-refractivity contribution in [1.29, 1.82) is 0 Å². The van der Waals surface area contributed by atoms with Gasteiger partial charge in [0.2, 0.25) is 0 Å². The third-order valence-electron chi connectivity index (χ3n) is 4.33. The fourth-order valence-corrected chi connectivity index (χ4v) is 3.48. The number of nitrogens with one attached hydrogen (secondary N) is 1. The number of hydrogen-bond acceptors (Lipinski definition) is 3. The first-order chi connectivity index (χ1) is 8.24. The zero-order valence-corrected chi connectivity index (χ0v) is 11.5. The van der Waals surface area contributed by atoms with E-state index >= 15 is 0 Å². The van der Waals surface area contributed by atoms with Crippen molar-refractivity contribution in [3.63, 3.8) is 0 Å². The summed E-state index contributed by atoms with van der Waals surface area (Å²) < 4.78 is 5.64. The predicted molar refractivity (Wildman–Crippen MR) is 71.3 cm³/mol. The number of morpholine rings is 1. The largest absolute Gasteiger partial charge is 0.376 e. The Kier molecular flexibility index (Phi) is 4.83. The molecule has 2 saturated heterocycles. The smallest absolute Gasteiger partial charge is 0.0674 e. The molecule has 2 heterocycles. The Hall–Kier alpha value is -0.120. The number of ether oxygens (including phenoxy) is 1. The lowest BCUT2D eigenvalue weighted by Crippen LogP contribution is -2.49. The lowest BCUT2D eigenvalue weighted by atomic mass is 9.75. The monoisotopic (exact) mass is 240 g/mol. The maximum atomic E-state index is 5.64. The van der Waals surface area contributed by atoms with Gasteiger partial charge in [-0.25, -0.2) is 0 Å². The molecule has 1 atom stereocenters. The second-order valence-corrected chi connectivity index (χ2v) is 5.92. The Balaban J connectivity index is 1.91. The van der Waals surface area contributed by atoms with Crippen LogP contribution in [0.1, 0.15) is 39.5 Å². The molecular formula is C14H28N2O. The molecule has 0 bridgehead atoms. The molecule has 1 unspecified atom stereocenters. The molecule has 0 radical (unpaired) electrons. The molecular weight excluding hydrogens is 212 g/mol. The van der Waals surface area contributed by atoms with Gasteiger partial charge in [-0.3, -0.25) is 4.90 Å². The highest BCUT2D eigenvalue weighted by atomic mass is 16.5. The summed E-state index contributed by atoms with van der Waals surface area (Å²) in [5, 5.41) is 3.50. The summed E-state index contributed by atoms with van der Waals surface area (Å²) in [6.45, 7) is 11.4. The Morgan fingerprint density at radius 3 is 2.76 bits per heavy atom. The van der Waals surface area contributed by atoms with Gasteiger partial charge in [-0.1, -0.05) is 13.3 Å². The second kappa shape index (κ2) is 6.17. The van der Waals surface area contributed by atoms with Crippen molar-refractivity contribution in [2.24, 2.45) is 5.41 Å².